The number of aromatic nitrogens is 2. The van der Waals surface area contributed by atoms with Crippen molar-refractivity contribution in [2.24, 2.45) is 5.92 Å². The highest BCUT2D eigenvalue weighted by Gasteiger charge is 2.24. The molecule has 3 aromatic rings. The number of hydrogen-bond donors (Lipinski definition) is 0. The van der Waals surface area contributed by atoms with Crippen molar-refractivity contribution in [1.29, 1.82) is 0 Å². The molecule has 122 valence electrons. The van der Waals surface area contributed by atoms with Crippen LogP contribution in [0.2, 0.25) is 0 Å². The first-order valence-corrected chi connectivity index (χ1v) is 8.99. The molecular weight excluding hydrogens is 320 g/mol. The van der Waals surface area contributed by atoms with Crippen LogP contribution in [0.1, 0.15) is 24.6 Å². The minimum Gasteiger partial charge on any atom is -0.409 e. The predicted octanol–water partition coefficient (Wildman–Crippen LogP) is 4.26. The van der Waals surface area contributed by atoms with Crippen LogP contribution >= 0.6 is 11.3 Å². The van der Waals surface area contributed by atoms with E-state index in [0.717, 1.165) is 23.7 Å². The SMILES string of the molecule is CC1CCc2c(cc(-c3ccccc3)n2-c2nc(OC=O)cs2)C1. The summed E-state index contributed by atoms with van der Waals surface area (Å²) in [5, 5.41) is 2.62. The average Bonchev–Trinajstić information content (AvgIpc) is 3.19. The van der Waals surface area contributed by atoms with Gasteiger partial charge in [0.15, 0.2) is 5.13 Å². The molecule has 5 heteroatoms. The fourth-order valence-corrected chi connectivity index (χ4v) is 4.18. The third-order valence-corrected chi connectivity index (χ3v) is 5.34. The number of carbonyl (C=O) groups is 1. The smallest absolute Gasteiger partial charge is 0.299 e. The molecule has 1 atom stereocenters. The van der Waals surface area contributed by atoms with Gasteiger partial charge in [-0.3, -0.25) is 9.36 Å². The first kappa shape index (κ1) is 15.1. The quantitative estimate of drug-likeness (QED) is 0.668. The van der Waals surface area contributed by atoms with Crippen molar-refractivity contribution in [3.8, 4) is 22.3 Å². The number of thiazole rings is 1. The third-order valence-electron chi connectivity index (χ3n) is 4.54. The second-order valence-electron chi connectivity index (χ2n) is 6.23. The van der Waals surface area contributed by atoms with Gasteiger partial charge < -0.3 is 4.74 Å². The predicted molar refractivity (Wildman–Crippen MR) is 94.8 cm³/mol. The Morgan fingerprint density at radius 1 is 1.33 bits per heavy atom. The van der Waals surface area contributed by atoms with Gasteiger partial charge in [0.05, 0.1) is 11.1 Å². The summed E-state index contributed by atoms with van der Waals surface area (Å²) in [6.07, 6.45) is 3.34. The lowest BCUT2D eigenvalue weighted by atomic mass is 9.89. The second kappa shape index (κ2) is 6.24. The summed E-state index contributed by atoms with van der Waals surface area (Å²) in [6, 6.07) is 12.7. The summed E-state index contributed by atoms with van der Waals surface area (Å²) in [4.78, 5) is 15.0. The minimum absolute atomic E-state index is 0.357. The number of nitrogens with zero attached hydrogens (tertiary/aromatic N) is 2. The Kier molecular flexibility index (Phi) is 3.94. The number of rotatable bonds is 4. The highest BCUT2D eigenvalue weighted by atomic mass is 32.1. The standard InChI is InChI=1S/C19H18N2O2S/c1-13-7-8-16-15(9-13)10-17(14-5-3-2-4-6-14)21(16)19-20-18(11-24-19)23-12-22/h2-6,10-13H,7-9H2,1H3. The molecule has 0 saturated heterocycles. The molecule has 0 amide bonds. The molecule has 2 aromatic heterocycles. The molecule has 1 unspecified atom stereocenters. The van der Waals surface area contributed by atoms with Gasteiger partial charge in [0, 0.05) is 5.69 Å². The van der Waals surface area contributed by atoms with Crippen LogP contribution in [0.15, 0.2) is 41.8 Å². The van der Waals surface area contributed by atoms with E-state index in [-0.39, 0.29) is 0 Å². The van der Waals surface area contributed by atoms with Crippen molar-refractivity contribution in [3.05, 3.63) is 53.0 Å². The maximum atomic E-state index is 10.6. The van der Waals surface area contributed by atoms with E-state index in [1.54, 1.807) is 5.38 Å². The fourth-order valence-electron chi connectivity index (χ4n) is 3.41. The second-order valence-corrected chi connectivity index (χ2v) is 7.07. The monoisotopic (exact) mass is 338 g/mol. The third kappa shape index (κ3) is 2.65. The first-order chi connectivity index (χ1) is 11.8. The molecule has 0 saturated carbocycles. The number of hydrogen-bond acceptors (Lipinski definition) is 4. The van der Waals surface area contributed by atoms with Crippen molar-refractivity contribution < 1.29 is 9.53 Å². The molecule has 24 heavy (non-hydrogen) atoms. The van der Waals surface area contributed by atoms with Gasteiger partial charge in [-0.25, -0.2) is 0 Å². The normalized spacial score (nSPS) is 16.6. The van der Waals surface area contributed by atoms with E-state index >= 15 is 0 Å². The highest BCUT2D eigenvalue weighted by molar-refractivity contribution is 7.12. The maximum Gasteiger partial charge on any atom is 0.299 e. The largest absolute Gasteiger partial charge is 0.409 e. The summed E-state index contributed by atoms with van der Waals surface area (Å²) in [7, 11) is 0. The van der Waals surface area contributed by atoms with E-state index in [1.807, 2.05) is 6.07 Å². The molecule has 0 N–H and O–H groups in total. The van der Waals surface area contributed by atoms with Crippen molar-refractivity contribution in [3.63, 3.8) is 0 Å². The summed E-state index contributed by atoms with van der Waals surface area (Å²) in [6.45, 7) is 2.73. The number of fused-ring (bicyclic) bond motifs is 1. The van der Waals surface area contributed by atoms with Crippen LogP contribution in [-0.2, 0) is 17.6 Å². The topological polar surface area (TPSA) is 44.1 Å². The molecule has 0 bridgehead atoms. The van der Waals surface area contributed by atoms with E-state index in [9.17, 15) is 4.79 Å². The van der Waals surface area contributed by atoms with Crippen LogP contribution < -0.4 is 4.74 Å². The van der Waals surface area contributed by atoms with Crippen LogP contribution in [0.5, 0.6) is 5.88 Å². The van der Waals surface area contributed by atoms with Gasteiger partial charge in [0.2, 0.25) is 5.88 Å². The van der Waals surface area contributed by atoms with Gasteiger partial charge in [-0.1, -0.05) is 37.3 Å². The van der Waals surface area contributed by atoms with Gasteiger partial charge in [-0.05, 0) is 42.4 Å². The van der Waals surface area contributed by atoms with Crippen LogP contribution in [0.3, 0.4) is 0 Å². The Morgan fingerprint density at radius 3 is 2.96 bits per heavy atom. The first-order valence-electron chi connectivity index (χ1n) is 8.11. The lowest BCUT2D eigenvalue weighted by Gasteiger charge is -2.20. The van der Waals surface area contributed by atoms with Crippen LogP contribution in [0, 0.1) is 5.92 Å². The Balaban J connectivity index is 1.88. The molecule has 1 aliphatic rings. The summed E-state index contributed by atoms with van der Waals surface area (Å²) >= 11 is 1.50. The number of benzene rings is 1. The lowest BCUT2D eigenvalue weighted by molar-refractivity contribution is -0.120. The van der Waals surface area contributed by atoms with Crippen molar-refractivity contribution in [2.75, 3.05) is 0 Å². The number of ether oxygens (including phenoxy) is 1. The maximum absolute atomic E-state index is 10.6. The van der Waals surface area contributed by atoms with Gasteiger partial charge >= 0.3 is 0 Å². The summed E-state index contributed by atoms with van der Waals surface area (Å²) in [5.74, 6) is 1.07. The molecule has 0 radical (unpaired) electrons. The molecule has 4 nitrogen and oxygen atoms in total. The fraction of sp³-hybridized carbons (Fsp3) is 0.263. The van der Waals surface area contributed by atoms with Crippen molar-refractivity contribution >= 4 is 17.8 Å². The van der Waals surface area contributed by atoms with Gasteiger partial charge in [0.25, 0.3) is 6.47 Å². The highest BCUT2D eigenvalue weighted by Crippen LogP contribution is 2.36. The molecule has 4 rings (SSSR count). The van der Waals surface area contributed by atoms with Gasteiger partial charge in [-0.2, -0.15) is 4.98 Å². The van der Waals surface area contributed by atoms with Crippen molar-refractivity contribution in [2.45, 2.75) is 26.2 Å². The van der Waals surface area contributed by atoms with Crippen LogP contribution in [0.25, 0.3) is 16.4 Å². The Labute approximate surface area is 144 Å². The molecule has 2 heterocycles. The van der Waals surface area contributed by atoms with E-state index < -0.39 is 0 Å². The molecule has 1 aromatic carbocycles. The van der Waals surface area contributed by atoms with Crippen molar-refractivity contribution in [1.82, 2.24) is 9.55 Å². The van der Waals surface area contributed by atoms with Gasteiger partial charge in [0.1, 0.15) is 0 Å². The Hall–Kier alpha value is -2.40. The summed E-state index contributed by atoms with van der Waals surface area (Å²) in [5.41, 5.74) is 5.06. The lowest BCUT2D eigenvalue weighted by Crippen LogP contribution is -2.13. The van der Waals surface area contributed by atoms with Crippen LogP contribution in [-0.4, -0.2) is 16.0 Å². The van der Waals surface area contributed by atoms with E-state index in [1.165, 1.54) is 34.6 Å². The summed E-state index contributed by atoms with van der Waals surface area (Å²) < 4.78 is 7.13. The van der Waals surface area contributed by atoms with E-state index in [2.05, 4.69) is 46.8 Å². The zero-order valence-corrected chi connectivity index (χ0v) is 14.3. The van der Waals surface area contributed by atoms with Gasteiger partial charge in [-0.15, -0.1) is 11.3 Å². The van der Waals surface area contributed by atoms with E-state index in [0.29, 0.717) is 18.3 Å². The molecular formula is C19H18N2O2S. The zero-order chi connectivity index (χ0) is 16.5. The molecule has 0 spiro atoms. The van der Waals surface area contributed by atoms with Crippen LogP contribution in [0.4, 0.5) is 0 Å². The number of carbonyl (C=O) groups excluding carboxylic acids is 1. The zero-order valence-electron chi connectivity index (χ0n) is 13.4. The molecule has 1 aliphatic carbocycles. The Morgan fingerprint density at radius 2 is 2.17 bits per heavy atom. The van der Waals surface area contributed by atoms with E-state index in [4.69, 9.17) is 4.74 Å². The molecule has 0 aliphatic heterocycles. The average molecular weight is 338 g/mol. The molecule has 0 fully saturated rings. The Bertz CT molecular complexity index is 867. The minimum atomic E-state index is 0.357.